The normalized spacial score (nSPS) is 21.5. The summed E-state index contributed by atoms with van der Waals surface area (Å²) < 4.78 is 0. The van der Waals surface area contributed by atoms with Crippen LogP contribution < -0.4 is 0 Å². The zero-order chi connectivity index (χ0) is 14.7. The summed E-state index contributed by atoms with van der Waals surface area (Å²) in [6.07, 6.45) is 6.32. The topological polar surface area (TPSA) is 23.6 Å². The van der Waals surface area contributed by atoms with Crippen LogP contribution in [0.25, 0.3) is 0 Å². The van der Waals surface area contributed by atoms with Gasteiger partial charge in [0.05, 0.1) is 0 Å². The SMILES string of the molecule is [CH2]c1ccc(C(=O)N2CCC(N3CCCCC3)CC2)cc1. The van der Waals surface area contributed by atoms with Crippen molar-refractivity contribution in [3.8, 4) is 0 Å². The van der Waals surface area contributed by atoms with Crippen LogP contribution in [-0.4, -0.2) is 47.9 Å². The molecule has 113 valence electrons. The molecule has 1 aromatic rings. The molecule has 3 rings (SSSR count). The molecule has 1 amide bonds. The molecule has 3 nitrogen and oxygen atoms in total. The van der Waals surface area contributed by atoms with Gasteiger partial charge in [-0.3, -0.25) is 4.79 Å². The van der Waals surface area contributed by atoms with E-state index in [4.69, 9.17) is 0 Å². The zero-order valence-electron chi connectivity index (χ0n) is 12.8. The van der Waals surface area contributed by atoms with Crippen molar-refractivity contribution >= 4 is 5.91 Å². The first-order chi connectivity index (χ1) is 10.2. The van der Waals surface area contributed by atoms with Crippen LogP contribution in [0.2, 0.25) is 0 Å². The Morgan fingerprint density at radius 3 is 2.19 bits per heavy atom. The van der Waals surface area contributed by atoms with Gasteiger partial charge in [0.25, 0.3) is 5.91 Å². The average Bonchev–Trinajstić information content (AvgIpc) is 2.56. The quantitative estimate of drug-likeness (QED) is 0.834. The minimum atomic E-state index is 0.173. The van der Waals surface area contributed by atoms with Crippen LogP contribution in [-0.2, 0) is 0 Å². The standard InChI is InChI=1S/C18H25N2O/c1-15-5-7-16(8-6-15)18(21)20-13-9-17(10-14-20)19-11-3-2-4-12-19/h5-8,17H,1-4,9-14H2. The third-order valence-corrected chi connectivity index (χ3v) is 4.86. The monoisotopic (exact) mass is 285 g/mol. The summed E-state index contributed by atoms with van der Waals surface area (Å²) in [6, 6.07) is 8.29. The number of hydrogen-bond acceptors (Lipinski definition) is 2. The van der Waals surface area contributed by atoms with Crippen molar-refractivity contribution < 1.29 is 4.79 Å². The Hall–Kier alpha value is -1.35. The molecule has 2 heterocycles. The molecule has 0 aliphatic carbocycles. The number of rotatable bonds is 2. The van der Waals surface area contributed by atoms with Gasteiger partial charge in [0.2, 0.25) is 0 Å². The maximum atomic E-state index is 12.5. The first-order valence-corrected chi connectivity index (χ1v) is 8.19. The highest BCUT2D eigenvalue weighted by Gasteiger charge is 2.27. The van der Waals surface area contributed by atoms with Gasteiger partial charge in [-0.1, -0.05) is 18.6 Å². The van der Waals surface area contributed by atoms with Crippen LogP contribution in [0.5, 0.6) is 0 Å². The maximum absolute atomic E-state index is 12.5. The summed E-state index contributed by atoms with van der Waals surface area (Å²) in [4.78, 5) is 17.1. The van der Waals surface area contributed by atoms with Gasteiger partial charge in [0.15, 0.2) is 0 Å². The van der Waals surface area contributed by atoms with Crippen LogP contribution in [0.15, 0.2) is 24.3 Å². The summed E-state index contributed by atoms with van der Waals surface area (Å²) in [5, 5.41) is 0. The van der Waals surface area contributed by atoms with E-state index in [1.54, 1.807) is 0 Å². The van der Waals surface area contributed by atoms with Crippen molar-refractivity contribution in [3.63, 3.8) is 0 Å². The van der Waals surface area contributed by atoms with Crippen LogP contribution in [0.3, 0.4) is 0 Å². The molecule has 2 fully saturated rings. The number of hydrogen-bond donors (Lipinski definition) is 0. The molecule has 2 saturated heterocycles. The van der Waals surface area contributed by atoms with E-state index in [1.807, 2.05) is 29.2 Å². The van der Waals surface area contributed by atoms with Gasteiger partial charge < -0.3 is 9.80 Å². The molecule has 0 spiro atoms. The van der Waals surface area contributed by atoms with E-state index in [1.165, 1.54) is 32.4 Å². The Balaban J connectivity index is 1.55. The van der Waals surface area contributed by atoms with Gasteiger partial charge in [-0.05, 0) is 63.4 Å². The summed E-state index contributed by atoms with van der Waals surface area (Å²) >= 11 is 0. The molecule has 0 atom stereocenters. The summed E-state index contributed by atoms with van der Waals surface area (Å²) in [5.74, 6) is 0.173. The van der Waals surface area contributed by atoms with E-state index < -0.39 is 0 Å². The minimum absolute atomic E-state index is 0.173. The third-order valence-electron chi connectivity index (χ3n) is 4.86. The Labute approximate surface area is 127 Å². The number of benzene rings is 1. The molecular formula is C18H25N2O. The smallest absolute Gasteiger partial charge is 0.253 e. The van der Waals surface area contributed by atoms with Crippen molar-refractivity contribution in [1.82, 2.24) is 9.80 Å². The van der Waals surface area contributed by atoms with E-state index in [0.717, 1.165) is 37.1 Å². The second-order valence-corrected chi connectivity index (χ2v) is 6.32. The molecule has 2 aliphatic rings. The minimum Gasteiger partial charge on any atom is -0.339 e. The molecule has 0 saturated carbocycles. The highest BCUT2D eigenvalue weighted by Crippen LogP contribution is 2.22. The lowest BCUT2D eigenvalue weighted by Crippen LogP contribution is -2.48. The van der Waals surface area contributed by atoms with Gasteiger partial charge in [-0.15, -0.1) is 0 Å². The lowest BCUT2D eigenvalue weighted by molar-refractivity contribution is 0.0590. The third kappa shape index (κ3) is 3.46. The second kappa shape index (κ2) is 6.61. The van der Waals surface area contributed by atoms with Crippen molar-refractivity contribution in [1.29, 1.82) is 0 Å². The molecule has 21 heavy (non-hydrogen) atoms. The Kier molecular flexibility index (Phi) is 4.59. The van der Waals surface area contributed by atoms with E-state index in [9.17, 15) is 4.79 Å². The fourth-order valence-electron chi connectivity index (χ4n) is 3.55. The van der Waals surface area contributed by atoms with Gasteiger partial charge in [-0.25, -0.2) is 0 Å². The Morgan fingerprint density at radius 1 is 0.952 bits per heavy atom. The first kappa shape index (κ1) is 14.6. The molecular weight excluding hydrogens is 260 g/mol. The lowest BCUT2D eigenvalue weighted by atomic mass is 9.99. The lowest BCUT2D eigenvalue weighted by Gasteiger charge is -2.40. The number of carbonyl (C=O) groups is 1. The molecule has 1 radical (unpaired) electrons. The number of carbonyl (C=O) groups excluding carboxylic acids is 1. The van der Waals surface area contributed by atoms with E-state index >= 15 is 0 Å². The summed E-state index contributed by atoms with van der Waals surface area (Å²) in [6.45, 7) is 8.16. The van der Waals surface area contributed by atoms with Crippen LogP contribution in [0.4, 0.5) is 0 Å². The van der Waals surface area contributed by atoms with Crippen molar-refractivity contribution in [2.75, 3.05) is 26.2 Å². The van der Waals surface area contributed by atoms with Crippen molar-refractivity contribution in [3.05, 3.63) is 42.3 Å². The highest BCUT2D eigenvalue weighted by atomic mass is 16.2. The molecule has 3 heteroatoms. The first-order valence-electron chi connectivity index (χ1n) is 8.19. The fourth-order valence-corrected chi connectivity index (χ4v) is 3.55. The summed E-state index contributed by atoms with van der Waals surface area (Å²) in [5.41, 5.74) is 1.74. The number of likely N-dealkylation sites (tertiary alicyclic amines) is 2. The van der Waals surface area contributed by atoms with Crippen LogP contribution in [0, 0.1) is 6.92 Å². The fraction of sp³-hybridized carbons (Fsp3) is 0.556. The summed E-state index contributed by atoms with van der Waals surface area (Å²) in [7, 11) is 0. The van der Waals surface area contributed by atoms with Gasteiger partial charge in [-0.2, -0.15) is 0 Å². The predicted octanol–water partition coefficient (Wildman–Crippen LogP) is 2.96. The van der Waals surface area contributed by atoms with Gasteiger partial charge in [0.1, 0.15) is 0 Å². The molecule has 0 bridgehead atoms. The number of nitrogens with zero attached hydrogens (tertiary/aromatic N) is 2. The average molecular weight is 285 g/mol. The van der Waals surface area contributed by atoms with Gasteiger partial charge in [0, 0.05) is 24.7 Å². The van der Waals surface area contributed by atoms with E-state index in [0.29, 0.717) is 6.04 Å². The Morgan fingerprint density at radius 2 is 1.57 bits per heavy atom. The van der Waals surface area contributed by atoms with Crippen molar-refractivity contribution in [2.24, 2.45) is 0 Å². The van der Waals surface area contributed by atoms with E-state index in [2.05, 4.69) is 11.8 Å². The number of piperidine rings is 2. The molecule has 1 aromatic carbocycles. The predicted molar refractivity (Wildman–Crippen MR) is 85.3 cm³/mol. The maximum Gasteiger partial charge on any atom is 0.253 e. The van der Waals surface area contributed by atoms with Crippen LogP contribution in [0.1, 0.15) is 48.0 Å². The molecule has 0 aromatic heterocycles. The second-order valence-electron chi connectivity index (χ2n) is 6.32. The molecule has 0 N–H and O–H groups in total. The van der Waals surface area contributed by atoms with Gasteiger partial charge >= 0.3 is 0 Å². The zero-order valence-corrected chi connectivity index (χ0v) is 12.8. The van der Waals surface area contributed by atoms with Crippen LogP contribution >= 0.6 is 0 Å². The van der Waals surface area contributed by atoms with E-state index in [-0.39, 0.29) is 5.91 Å². The van der Waals surface area contributed by atoms with Crippen molar-refractivity contribution in [2.45, 2.75) is 38.1 Å². The number of amides is 1. The molecule has 0 unspecified atom stereocenters. The Bertz CT molecular complexity index is 468. The molecule has 2 aliphatic heterocycles. The largest absolute Gasteiger partial charge is 0.339 e. The highest BCUT2D eigenvalue weighted by molar-refractivity contribution is 5.94.